The van der Waals surface area contributed by atoms with Crippen LogP contribution in [0, 0.1) is 0 Å². The van der Waals surface area contributed by atoms with E-state index in [1.54, 1.807) is 34.8 Å². The van der Waals surface area contributed by atoms with Gasteiger partial charge in [0.05, 0.1) is 38.2 Å². The molecular formula is C28H19N5OS2. The SMILES string of the molecule is O=C(Nc1ccc2ncsc2c1)c1ccccc1Sc1ccc2c(/C=C/c3ccccn3)n[nH]c2c1. The highest BCUT2D eigenvalue weighted by Gasteiger charge is 2.14. The summed E-state index contributed by atoms with van der Waals surface area (Å²) in [6, 6.07) is 25.3. The van der Waals surface area contributed by atoms with Crippen molar-refractivity contribution in [2.75, 3.05) is 5.32 Å². The van der Waals surface area contributed by atoms with E-state index in [2.05, 4.69) is 31.5 Å². The van der Waals surface area contributed by atoms with Crippen LogP contribution in [0.15, 0.2) is 100 Å². The van der Waals surface area contributed by atoms with E-state index in [1.165, 1.54) is 0 Å². The average Bonchev–Trinajstić information content (AvgIpc) is 3.54. The second kappa shape index (κ2) is 9.77. The number of fused-ring (bicyclic) bond motifs is 2. The lowest BCUT2D eigenvalue weighted by Gasteiger charge is -2.10. The third kappa shape index (κ3) is 4.64. The second-order valence-electron chi connectivity index (χ2n) is 7.99. The molecule has 6 rings (SSSR count). The van der Waals surface area contributed by atoms with Gasteiger partial charge in [0.15, 0.2) is 0 Å². The van der Waals surface area contributed by atoms with Crippen molar-refractivity contribution in [1.29, 1.82) is 0 Å². The highest BCUT2D eigenvalue weighted by Crippen LogP contribution is 2.33. The minimum atomic E-state index is -0.147. The molecule has 0 unspecified atom stereocenters. The summed E-state index contributed by atoms with van der Waals surface area (Å²) >= 11 is 3.10. The van der Waals surface area contributed by atoms with E-state index in [1.807, 2.05) is 84.9 Å². The van der Waals surface area contributed by atoms with Gasteiger partial charge in [-0.2, -0.15) is 5.10 Å². The summed E-state index contributed by atoms with van der Waals surface area (Å²) in [5.41, 5.74) is 6.77. The summed E-state index contributed by atoms with van der Waals surface area (Å²) in [7, 11) is 0. The number of benzene rings is 3. The lowest BCUT2D eigenvalue weighted by Crippen LogP contribution is -2.12. The van der Waals surface area contributed by atoms with Crippen LogP contribution in [0.4, 0.5) is 5.69 Å². The fraction of sp³-hybridized carbons (Fsp3) is 0. The highest BCUT2D eigenvalue weighted by atomic mass is 32.2. The zero-order valence-electron chi connectivity index (χ0n) is 18.9. The van der Waals surface area contributed by atoms with Crippen LogP contribution >= 0.6 is 23.1 Å². The maximum absolute atomic E-state index is 13.1. The molecule has 0 saturated heterocycles. The van der Waals surface area contributed by atoms with Crippen LogP contribution in [0.2, 0.25) is 0 Å². The van der Waals surface area contributed by atoms with Crippen molar-refractivity contribution in [2.45, 2.75) is 9.79 Å². The van der Waals surface area contributed by atoms with Crippen molar-refractivity contribution in [1.82, 2.24) is 20.2 Å². The normalized spacial score (nSPS) is 11.4. The van der Waals surface area contributed by atoms with Gasteiger partial charge >= 0.3 is 0 Å². The van der Waals surface area contributed by atoms with E-state index >= 15 is 0 Å². The van der Waals surface area contributed by atoms with Crippen molar-refractivity contribution in [3.05, 3.63) is 108 Å². The van der Waals surface area contributed by atoms with Gasteiger partial charge < -0.3 is 5.32 Å². The molecule has 6 nitrogen and oxygen atoms in total. The molecule has 3 aromatic heterocycles. The van der Waals surface area contributed by atoms with E-state index in [9.17, 15) is 4.79 Å². The lowest BCUT2D eigenvalue weighted by molar-refractivity contribution is 0.102. The van der Waals surface area contributed by atoms with Crippen LogP contribution in [0.1, 0.15) is 21.7 Å². The summed E-state index contributed by atoms with van der Waals surface area (Å²) in [4.78, 5) is 23.6. The molecule has 36 heavy (non-hydrogen) atoms. The minimum absolute atomic E-state index is 0.147. The van der Waals surface area contributed by atoms with Gasteiger partial charge in [-0.25, -0.2) is 4.98 Å². The van der Waals surface area contributed by atoms with Crippen LogP contribution in [0.25, 0.3) is 33.3 Å². The lowest BCUT2D eigenvalue weighted by atomic mass is 10.2. The first kappa shape index (κ1) is 22.2. The number of nitrogens with zero attached hydrogens (tertiary/aromatic N) is 3. The standard InChI is InChI=1S/C28H19N5OS2/c34-28(31-19-9-13-24-27(15-19)35-17-30-24)22-6-1-2-7-26(22)36-20-10-11-21-23(32-33-25(21)16-20)12-8-18-5-3-4-14-29-18/h1-17H,(H,31,34)(H,32,33)/b12-8+. The maximum atomic E-state index is 13.1. The van der Waals surface area contributed by atoms with E-state index in [0.717, 1.165) is 48.0 Å². The summed E-state index contributed by atoms with van der Waals surface area (Å²) in [5, 5.41) is 11.6. The smallest absolute Gasteiger partial charge is 0.256 e. The number of hydrogen-bond acceptors (Lipinski definition) is 6. The Morgan fingerprint density at radius 2 is 1.86 bits per heavy atom. The Kier molecular flexibility index (Phi) is 6.03. The van der Waals surface area contributed by atoms with Gasteiger partial charge in [-0.05, 0) is 72.8 Å². The van der Waals surface area contributed by atoms with E-state index < -0.39 is 0 Å². The first-order valence-electron chi connectivity index (χ1n) is 11.2. The Hall–Kier alpha value is -4.27. The third-order valence-electron chi connectivity index (χ3n) is 5.61. The average molecular weight is 506 g/mol. The molecule has 174 valence electrons. The quantitative estimate of drug-likeness (QED) is 0.251. The van der Waals surface area contributed by atoms with Gasteiger partial charge in [-0.1, -0.05) is 30.0 Å². The number of anilines is 1. The zero-order valence-corrected chi connectivity index (χ0v) is 20.5. The molecule has 0 bridgehead atoms. The van der Waals surface area contributed by atoms with Gasteiger partial charge in [-0.3, -0.25) is 14.9 Å². The number of pyridine rings is 1. The van der Waals surface area contributed by atoms with Crippen molar-refractivity contribution < 1.29 is 4.79 Å². The highest BCUT2D eigenvalue weighted by molar-refractivity contribution is 7.99. The number of aromatic nitrogens is 4. The number of hydrogen-bond donors (Lipinski definition) is 2. The molecular weight excluding hydrogens is 486 g/mol. The van der Waals surface area contributed by atoms with Crippen molar-refractivity contribution in [3.8, 4) is 0 Å². The van der Waals surface area contributed by atoms with Gasteiger partial charge in [0.25, 0.3) is 5.91 Å². The monoisotopic (exact) mass is 505 g/mol. The zero-order chi connectivity index (χ0) is 24.3. The fourth-order valence-electron chi connectivity index (χ4n) is 3.85. The van der Waals surface area contributed by atoms with Crippen LogP contribution < -0.4 is 5.32 Å². The molecule has 0 radical (unpaired) electrons. The molecule has 0 atom stereocenters. The van der Waals surface area contributed by atoms with Gasteiger partial charge in [0.1, 0.15) is 0 Å². The van der Waals surface area contributed by atoms with Crippen molar-refractivity contribution in [3.63, 3.8) is 0 Å². The van der Waals surface area contributed by atoms with Crippen LogP contribution in [-0.4, -0.2) is 26.1 Å². The molecule has 0 aliphatic heterocycles. The van der Waals surface area contributed by atoms with Crippen LogP contribution in [0.5, 0.6) is 0 Å². The number of amides is 1. The predicted octanol–water partition coefficient (Wildman–Crippen LogP) is 7.14. The number of carbonyl (C=O) groups excluding carboxylic acids is 1. The molecule has 0 saturated carbocycles. The Morgan fingerprint density at radius 1 is 0.944 bits per heavy atom. The van der Waals surface area contributed by atoms with Crippen LogP contribution in [-0.2, 0) is 0 Å². The van der Waals surface area contributed by atoms with E-state index in [4.69, 9.17) is 0 Å². The third-order valence-corrected chi connectivity index (χ3v) is 7.47. The molecule has 0 aliphatic carbocycles. The summed E-state index contributed by atoms with van der Waals surface area (Å²) < 4.78 is 1.04. The Labute approximate surface area is 215 Å². The molecule has 3 heterocycles. The van der Waals surface area contributed by atoms with Gasteiger partial charge in [-0.15, -0.1) is 11.3 Å². The van der Waals surface area contributed by atoms with Crippen LogP contribution in [0.3, 0.4) is 0 Å². The first-order chi connectivity index (χ1) is 17.7. The fourth-order valence-corrected chi connectivity index (χ4v) is 5.55. The van der Waals surface area contributed by atoms with E-state index in [0.29, 0.717) is 5.56 Å². The molecule has 2 N–H and O–H groups in total. The van der Waals surface area contributed by atoms with Gasteiger partial charge in [0, 0.05) is 27.1 Å². The second-order valence-corrected chi connectivity index (χ2v) is 9.99. The summed E-state index contributed by atoms with van der Waals surface area (Å²) in [6.45, 7) is 0. The Morgan fingerprint density at radius 3 is 2.78 bits per heavy atom. The van der Waals surface area contributed by atoms with Crippen molar-refractivity contribution in [2.24, 2.45) is 0 Å². The minimum Gasteiger partial charge on any atom is -0.322 e. The first-order valence-corrected chi connectivity index (χ1v) is 12.9. The Balaban J connectivity index is 1.22. The summed E-state index contributed by atoms with van der Waals surface area (Å²) in [5.74, 6) is -0.147. The molecule has 1 amide bonds. The number of thiazole rings is 1. The van der Waals surface area contributed by atoms with Crippen molar-refractivity contribution >= 4 is 68.0 Å². The molecule has 8 heteroatoms. The number of aromatic amines is 1. The molecule has 0 fully saturated rings. The molecule has 0 spiro atoms. The predicted molar refractivity (Wildman–Crippen MR) is 147 cm³/mol. The number of nitrogens with one attached hydrogen (secondary N) is 2. The molecule has 6 aromatic rings. The topological polar surface area (TPSA) is 83.6 Å². The number of H-pyrrole nitrogens is 1. The number of rotatable bonds is 6. The molecule has 3 aromatic carbocycles. The van der Waals surface area contributed by atoms with Gasteiger partial charge in [0.2, 0.25) is 0 Å². The Bertz CT molecular complexity index is 1720. The van der Waals surface area contributed by atoms with E-state index in [-0.39, 0.29) is 5.91 Å². The largest absolute Gasteiger partial charge is 0.322 e. The molecule has 0 aliphatic rings. The maximum Gasteiger partial charge on any atom is 0.256 e. The number of carbonyl (C=O) groups is 1. The summed E-state index contributed by atoms with van der Waals surface area (Å²) in [6.07, 6.45) is 5.67.